The summed E-state index contributed by atoms with van der Waals surface area (Å²) >= 11 is 0. The van der Waals surface area contributed by atoms with Gasteiger partial charge in [0, 0.05) is 18.5 Å². The van der Waals surface area contributed by atoms with Crippen LogP contribution in [0.5, 0.6) is 0 Å². The summed E-state index contributed by atoms with van der Waals surface area (Å²) in [6.45, 7) is 5.62. The SMILES string of the molecule is CC(C)(C)OC(=O)N1C[C@@H]2C[C@H]1C2C(CC(=O)O)C(F)F. The van der Waals surface area contributed by atoms with E-state index in [1.54, 1.807) is 20.8 Å². The molecule has 2 bridgehead atoms. The smallest absolute Gasteiger partial charge is 0.410 e. The zero-order chi connectivity index (χ0) is 15.9. The first kappa shape index (κ1) is 16.0. The number of carboxylic acid groups (broad SMARTS) is 1. The Morgan fingerprint density at radius 2 is 2.00 bits per heavy atom. The molecule has 3 rings (SSSR count). The van der Waals surface area contributed by atoms with Crippen molar-refractivity contribution in [3.8, 4) is 0 Å². The van der Waals surface area contributed by atoms with Crippen molar-refractivity contribution in [2.75, 3.05) is 6.54 Å². The molecule has 1 saturated carbocycles. The van der Waals surface area contributed by atoms with E-state index in [4.69, 9.17) is 9.84 Å². The van der Waals surface area contributed by atoms with Crippen molar-refractivity contribution in [3.63, 3.8) is 0 Å². The molecule has 0 aromatic heterocycles. The largest absolute Gasteiger partial charge is 0.481 e. The first-order valence-electron chi connectivity index (χ1n) is 7.09. The van der Waals surface area contributed by atoms with Crippen molar-refractivity contribution in [2.45, 2.75) is 51.7 Å². The molecule has 0 aromatic carbocycles. The van der Waals surface area contributed by atoms with Crippen LogP contribution in [-0.2, 0) is 9.53 Å². The van der Waals surface area contributed by atoms with Crippen molar-refractivity contribution in [1.82, 2.24) is 4.90 Å². The van der Waals surface area contributed by atoms with Gasteiger partial charge in [0.25, 0.3) is 0 Å². The monoisotopic (exact) mass is 305 g/mol. The lowest BCUT2D eigenvalue weighted by molar-refractivity contribution is -0.141. The minimum Gasteiger partial charge on any atom is -0.481 e. The zero-order valence-electron chi connectivity index (χ0n) is 12.4. The van der Waals surface area contributed by atoms with Crippen LogP contribution in [0.25, 0.3) is 0 Å². The van der Waals surface area contributed by atoms with Gasteiger partial charge in [-0.1, -0.05) is 0 Å². The summed E-state index contributed by atoms with van der Waals surface area (Å²) in [5.41, 5.74) is -0.636. The first-order valence-corrected chi connectivity index (χ1v) is 7.09. The minimum atomic E-state index is -2.69. The van der Waals surface area contributed by atoms with E-state index >= 15 is 0 Å². The van der Waals surface area contributed by atoms with Crippen LogP contribution >= 0.6 is 0 Å². The molecule has 2 heterocycles. The van der Waals surface area contributed by atoms with E-state index in [2.05, 4.69) is 0 Å². The highest BCUT2D eigenvalue weighted by Gasteiger charge is 2.58. The Labute approximate surface area is 122 Å². The van der Waals surface area contributed by atoms with E-state index in [0.29, 0.717) is 13.0 Å². The maximum atomic E-state index is 13.1. The fourth-order valence-electron chi connectivity index (χ4n) is 3.42. The third-order valence-electron chi connectivity index (χ3n) is 4.22. The summed E-state index contributed by atoms with van der Waals surface area (Å²) in [7, 11) is 0. The molecule has 4 atom stereocenters. The molecule has 1 aliphatic carbocycles. The molecular weight excluding hydrogens is 284 g/mol. The molecule has 1 amide bonds. The second-order valence-corrected chi connectivity index (χ2v) is 6.87. The molecular formula is C14H21F2NO4. The van der Waals surface area contributed by atoms with Crippen molar-refractivity contribution < 1.29 is 28.2 Å². The number of ether oxygens (including phenoxy) is 1. The number of halogens is 2. The Kier molecular flexibility index (Phi) is 4.13. The zero-order valence-corrected chi connectivity index (χ0v) is 12.4. The molecule has 3 fully saturated rings. The van der Waals surface area contributed by atoms with Gasteiger partial charge in [0.1, 0.15) is 5.60 Å². The number of nitrogens with zero attached hydrogens (tertiary/aromatic N) is 1. The predicted molar refractivity (Wildman–Crippen MR) is 70.1 cm³/mol. The summed E-state index contributed by atoms with van der Waals surface area (Å²) in [5.74, 6) is -2.90. The van der Waals surface area contributed by atoms with Gasteiger partial charge in [-0.2, -0.15) is 0 Å². The van der Waals surface area contributed by atoms with Crippen LogP contribution in [-0.4, -0.2) is 46.7 Å². The summed E-state index contributed by atoms with van der Waals surface area (Å²) < 4.78 is 31.5. The van der Waals surface area contributed by atoms with Gasteiger partial charge in [-0.25, -0.2) is 13.6 Å². The lowest BCUT2D eigenvalue weighted by atomic mass is 9.66. The third kappa shape index (κ3) is 3.27. The Balaban J connectivity index is 2.04. The van der Waals surface area contributed by atoms with Crippen LogP contribution in [0.15, 0.2) is 0 Å². The number of amides is 1. The van der Waals surface area contributed by atoms with Gasteiger partial charge >= 0.3 is 12.1 Å². The van der Waals surface area contributed by atoms with Crippen LogP contribution in [0.2, 0.25) is 0 Å². The Morgan fingerprint density at radius 3 is 2.48 bits per heavy atom. The van der Waals surface area contributed by atoms with Crippen molar-refractivity contribution in [1.29, 1.82) is 0 Å². The molecule has 5 nitrogen and oxygen atoms in total. The maximum Gasteiger partial charge on any atom is 0.410 e. The summed E-state index contributed by atoms with van der Waals surface area (Å²) in [6, 6.07) is -0.316. The fraction of sp³-hybridized carbons (Fsp3) is 0.857. The van der Waals surface area contributed by atoms with Crippen LogP contribution in [0.4, 0.5) is 13.6 Å². The first-order chi connectivity index (χ1) is 9.60. The molecule has 3 aliphatic rings. The van der Waals surface area contributed by atoms with E-state index < -0.39 is 42.3 Å². The van der Waals surface area contributed by atoms with Gasteiger partial charge in [-0.05, 0) is 39.0 Å². The van der Waals surface area contributed by atoms with Crippen molar-refractivity contribution >= 4 is 12.1 Å². The molecule has 0 radical (unpaired) electrons. The maximum absolute atomic E-state index is 13.1. The molecule has 0 aromatic rings. The molecule has 7 heteroatoms. The second kappa shape index (κ2) is 5.42. The fourth-order valence-corrected chi connectivity index (χ4v) is 3.42. The third-order valence-corrected chi connectivity index (χ3v) is 4.22. The quantitative estimate of drug-likeness (QED) is 0.867. The number of hydrogen-bond donors (Lipinski definition) is 1. The highest BCUT2D eigenvalue weighted by Crippen LogP contribution is 2.52. The number of carbonyl (C=O) groups excluding carboxylic acids is 1. The number of aliphatic carboxylic acids is 1. The number of carboxylic acids is 1. The normalized spacial score (nSPS) is 29.2. The van der Waals surface area contributed by atoms with Gasteiger partial charge in [0.05, 0.1) is 6.42 Å². The van der Waals surface area contributed by atoms with Gasteiger partial charge < -0.3 is 14.7 Å². The highest BCUT2D eigenvalue weighted by molar-refractivity contribution is 5.70. The number of hydrogen-bond acceptors (Lipinski definition) is 3. The summed E-state index contributed by atoms with van der Waals surface area (Å²) in [6.07, 6.45) is -3.08. The molecule has 2 saturated heterocycles. The van der Waals surface area contributed by atoms with Gasteiger partial charge in [0.15, 0.2) is 0 Å². The summed E-state index contributed by atoms with van der Waals surface area (Å²) in [5, 5.41) is 8.78. The van der Waals surface area contributed by atoms with Crippen molar-refractivity contribution in [3.05, 3.63) is 0 Å². The van der Waals surface area contributed by atoms with Gasteiger partial charge in [0.2, 0.25) is 6.43 Å². The van der Waals surface area contributed by atoms with E-state index in [1.807, 2.05) is 0 Å². The molecule has 21 heavy (non-hydrogen) atoms. The van der Waals surface area contributed by atoms with Crippen molar-refractivity contribution in [2.24, 2.45) is 17.8 Å². The number of fused-ring (bicyclic) bond motifs is 1. The Hall–Kier alpha value is -1.40. The van der Waals surface area contributed by atoms with Gasteiger partial charge in [-0.3, -0.25) is 4.79 Å². The lowest BCUT2D eigenvalue weighted by Crippen LogP contribution is -2.48. The Morgan fingerprint density at radius 1 is 1.38 bits per heavy atom. The second-order valence-electron chi connectivity index (χ2n) is 6.87. The molecule has 2 unspecified atom stereocenters. The summed E-state index contributed by atoms with van der Waals surface area (Å²) in [4.78, 5) is 24.3. The average molecular weight is 305 g/mol. The molecule has 0 spiro atoms. The minimum absolute atomic E-state index is 0.0409. The topological polar surface area (TPSA) is 66.8 Å². The number of carbonyl (C=O) groups is 2. The predicted octanol–water partition coefficient (Wildman–Crippen LogP) is 2.60. The molecule has 1 N–H and O–H groups in total. The van der Waals surface area contributed by atoms with E-state index in [0.717, 1.165) is 0 Å². The van der Waals surface area contributed by atoms with E-state index in [1.165, 1.54) is 4.90 Å². The van der Waals surface area contributed by atoms with Crippen LogP contribution in [0.1, 0.15) is 33.6 Å². The van der Waals surface area contributed by atoms with Crippen LogP contribution in [0.3, 0.4) is 0 Å². The standard InChI is InChI=1S/C14H21F2NO4/c1-14(2,3)21-13(20)17-6-7-4-9(17)11(7)8(12(15)16)5-10(18)19/h7-9,11-12H,4-6H2,1-3H3,(H,18,19)/t7-,8?,9-,11?/m0/s1. The van der Waals surface area contributed by atoms with Crippen LogP contribution in [0, 0.1) is 17.8 Å². The molecule has 120 valence electrons. The average Bonchev–Trinajstić information content (AvgIpc) is 2.82. The molecule has 2 aliphatic heterocycles. The van der Waals surface area contributed by atoms with E-state index in [-0.39, 0.29) is 12.0 Å². The lowest BCUT2D eigenvalue weighted by Gasteiger charge is -2.41. The highest BCUT2D eigenvalue weighted by atomic mass is 19.3. The van der Waals surface area contributed by atoms with Gasteiger partial charge in [-0.15, -0.1) is 0 Å². The number of alkyl halides is 2. The van der Waals surface area contributed by atoms with Crippen LogP contribution < -0.4 is 0 Å². The van der Waals surface area contributed by atoms with E-state index in [9.17, 15) is 18.4 Å². The Bertz CT molecular complexity index is 435. The number of rotatable bonds is 4.